The summed E-state index contributed by atoms with van der Waals surface area (Å²) in [6.07, 6.45) is 3.93. The van der Waals surface area contributed by atoms with E-state index in [9.17, 15) is 0 Å². The van der Waals surface area contributed by atoms with Crippen LogP contribution in [0.3, 0.4) is 0 Å². The van der Waals surface area contributed by atoms with E-state index in [1.807, 2.05) is 41.2 Å². The zero-order valence-corrected chi connectivity index (χ0v) is 12.5. The second kappa shape index (κ2) is 5.92. The summed E-state index contributed by atoms with van der Waals surface area (Å²) in [6, 6.07) is 16.7. The van der Waals surface area contributed by atoms with Gasteiger partial charge >= 0.3 is 0 Å². The van der Waals surface area contributed by atoms with Crippen molar-refractivity contribution in [3.05, 3.63) is 77.1 Å². The van der Waals surface area contributed by atoms with Crippen molar-refractivity contribution in [3.8, 4) is 5.69 Å². The molecule has 1 aromatic heterocycles. The number of aryl methyl sites for hydroxylation is 4. The lowest BCUT2D eigenvalue weighted by atomic mass is 10.0. The lowest BCUT2D eigenvalue weighted by Gasteiger charge is -2.05. The van der Waals surface area contributed by atoms with Crippen molar-refractivity contribution in [2.75, 3.05) is 0 Å². The average Bonchev–Trinajstić information content (AvgIpc) is 2.98. The van der Waals surface area contributed by atoms with Gasteiger partial charge in [0, 0.05) is 0 Å². The van der Waals surface area contributed by atoms with Gasteiger partial charge in [-0.25, -0.2) is 4.68 Å². The molecule has 3 nitrogen and oxygen atoms in total. The highest BCUT2D eigenvalue weighted by molar-refractivity contribution is 5.32. The van der Waals surface area contributed by atoms with E-state index in [1.165, 1.54) is 16.7 Å². The molecule has 0 amide bonds. The molecule has 0 aliphatic rings. The Balaban J connectivity index is 1.72. The highest BCUT2D eigenvalue weighted by Gasteiger charge is 2.05. The molecule has 0 N–H and O–H groups in total. The van der Waals surface area contributed by atoms with Crippen LogP contribution in [-0.2, 0) is 12.8 Å². The molecule has 0 saturated carbocycles. The molecule has 0 atom stereocenters. The predicted molar refractivity (Wildman–Crippen MR) is 84.7 cm³/mol. The van der Waals surface area contributed by atoms with E-state index in [0.717, 1.165) is 24.2 Å². The highest BCUT2D eigenvalue weighted by Crippen LogP contribution is 2.14. The van der Waals surface area contributed by atoms with Crippen LogP contribution in [0.25, 0.3) is 5.69 Å². The average molecular weight is 277 g/mol. The summed E-state index contributed by atoms with van der Waals surface area (Å²) in [5.41, 5.74) is 6.12. The number of benzene rings is 2. The first-order valence-corrected chi connectivity index (χ1v) is 7.25. The largest absolute Gasteiger partial charge is 0.220 e. The summed E-state index contributed by atoms with van der Waals surface area (Å²) in [5, 5.41) is 8.48. The molecule has 3 rings (SSSR count). The number of hydrogen-bond donors (Lipinski definition) is 0. The smallest absolute Gasteiger partial charge is 0.0835 e. The molecule has 3 aromatic rings. The first-order chi connectivity index (χ1) is 10.2. The van der Waals surface area contributed by atoms with Crippen LogP contribution in [0.1, 0.15) is 22.4 Å². The molecule has 0 bridgehead atoms. The Morgan fingerprint density at radius 2 is 1.76 bits per heavy atom. The maximum atomic E-state index is 4.27. The fourth-order valence-electron chi connectivity index (χ4n) is 2.45. The lowest BCUT2D eigenvalue weighted by Crippen LogP contribution is -1.95. The number of aromatic nitrogens is 3. The third kappa shape index (κ3) is 3.19. The van der Waals surface area contributed by atoms with Gasteiger partial charge < -0.3 is 0 Å². The van der Waals surface area contributed by atoms with E-state index in [4.69, 9.17) is 0 Å². The van der Waals surface area contributed by atoms with Crippen molar-refractivity contribution in [3.63, 3.8) is 0 Å². The Bertz CT molecular complexity index is 729. The molecule has 106 valence electrons. The van der Waals surface area contributed by atoms with Crippen LogP contribution in [0.2, 0.25) is 0 Å². The zero-order chi connectivity index (χ0) is 14.7. The Labute approximate surface area is 125 Å². The van der Waals surface area contributed by atoms with E-state index >= 15 is 0 Å². The monoisotopic (exact) mass is 277 g/mol. The topological polar surface area (TPSA) is 30.7 Å². The van der Waals surface area contributed by atoms with Gasteiger partial charge in [-0.3, -0.25) is 0 Å². The number of rotatable bonds is 4. The van der Waals surface area contributed by atoms with Crippen LogP contribution < -0.4 is 0 Å². The molecular formula is C18H19N3. The SMILES string of the molecule is Cc1ccc(C)c(CCc2cn(-c3ccccc3)nn2)c1. The minimum atomic E-state index is 0.914. The Hall–Kier alpha value is -2.42. The van der Waals surface area contributed by atoms with Crippen molar-refractivity contribution >= 4 is 0 Å². The zero-order valence-electron chi connectivity index (χ0n) is 12.5. The van der Waals surface area contributed by atoms with Crippen molar-refractivity contribution < 1.29 is 0 Å². The normalized spacial score (nSPS) is 10.8. The molecule has 0 aliphatic carbocycles. The molecule has 0 saturated heterocycles. The molecular weight excluding hydrogens is 258 g/mol. The molecule has 0 aliphatic heterocycles. The number of hydrogen-bond acceptors (Lipinski definition) is 2. The van der Waals surface area contributed by atoms with Crippen LogP contribution in [0, 0.1) is 13.8 Å². The van der Waals surface area contributed by atoms with E-state index in [2.05, 4.69) is 42.4 Å². The maximum Gasteiger partial charge on any atom is 0.0835 e. The third-order valence-electron chi connectivity index (χ3n) is 3.72. The quantitative estimate of drug-likeness (QED) is 0.728. The fourth-order valence-corrected chi connectivity index (χ4v) is 2.45. The summed E-state index contributed by atoms with van der Waals surface area (Å²) in [6.45, 7) is 4.30. The first kappa shape index (κ1) is 13.6. The minimum Gasteiger partial charge on any atom is -0.220 e. The molecule has 1 heterocycles. The summed E-state index contributed by atoms with van der Waals surface area (Å²) in [5.74, 6) is 0. The summed E-state index contributed by atoms with van der Waals surface area (Å²) in [4.78, 5) is 0. The van der Waals surface area contributed by atoms with E-state index in [0.29, 0.717) is 0 Å². The van der Waals surface area contributed by atoms with E-state index in [1.54, 1.807) is 0 Å². The molecule has 0 fully saturated rings. The van der Waals surface area contributed by atoms with Crippen molar-refractivity contribution in [1.29, 1.82) is 0 Å². The van der Waals surface area contributed by atoms with Gasteiger partial charge in [0.15, 0.2) is 0 Å². The fraction of sp³-hybridized carbons (Fsp3) is 0.222. The molecule has 2 aromatic carbocycles. The Morgan fingerprint density at radius 1 is 0.952 bits per heavy atom. The lowest BCUT2D eigenvalue weighted by molar-refractivity contribution is 0.793. The number of nitrogens with zero attached hydrogens (tertiary/aromatic N) is 3. The highest BCUT2D eigenvalue weighted by atomic mass is 15.4. The van der Waals surface area contributed by atoms with Crippen molar-refractivity contribution in [2.24, 2.45) is 0 Å². The van der Waals surface area contributed by atoms with Crippen LogP contribution in [0.4, 0.5) is 0 Å². The molecule has 3 heteroatoms. The van der Waals surface area contributed by atoms with Gasteiger partial charge in [-0.1, -0.05) is 47.2 Å². The van der Waals surface area contributed by atoms with E-state index < -0.39 is 0 Å². The van der Waals surface area contributed by atoms with Crippen LogP contribution >= 0.6 is 0 Å². The van der Waals surface area contributed by atoms with Gasteiger partial charge in [0.25, 0.3) is 0 Å². The van der Waals surface area contributed by atoms with Gasteiger partial charge in [-0.15, -0.1) is 5.10 Å². The molecule has 0 spiro atoms. The third-order valence-corrected chi connectivity index (χ3v) is 3.72. The van der Waals surface area contributed by atoms with Gasteiger partial charge in [0.05, 0.1) is 17.6 Å². The van der Waals surface area contributed by atoms with Crippen molar-refractivity contribution in [1.82, 2.24) is 15.0 Å². The second-order valence-electron chi connectivity index (χ2n) is 5.42. The van der Waals surface area contributed by atoms with E-state index in [-0.39, 0.29) is 0 Å². The summed E-state index contributed by atoms with van der Waals surface area (Å²) < 4.78 is 1.83. The van der Waals surface area contributed by atoms with Crippen LogP contribution in [0.15, 0.2) is 54.7 Å². The Morgan fingerprint density at radius 3 is 2.57 bits per heavy atom. The van der Waals surface area contributed by atoms with Gasteiger partial charge in [0.2, 0.25) is 0 Å². The summed E-state index contributed by atoms with van der Waals surface area (Å²) in [7, 11) is 0. The minimum absolute atomic E-state index is 0.914. The predicted octanol–water partition coefficient (Wildman–Crippen LogP) is 3.67. The summed E-state index contributed by atoms with van der Waals surface area (Å²) >= 11 is 0. The molecule has 21 heavy (non-hydrogen) atoms. The van der Waals surface area contributed by atoms with Gasteiger partial charge in [0.1, 0.15) is 0 Å². The van der Waals surface area contributed by atoms with Crippen LogP contribution in [-0.4, -0.2) is 15.0 Å². The second-order valence-corrected chi connectivity index (χ2v) is 5.42. The standard InChI is InChI=1S/C18H19N3/c1-14-8-9-15(2)16(12-14)10-11-17-13-21(20-19-17)18-6-4-3-5-7-18/h3-9,12-13H,10-11H2,1-2H3. The Kier molecular flexibility index (Phi) is 3.82. The first-order valence-electron chi connectivity index (χ1n) is 7.25. The van der Waals surface area contributed by atoms with Crippen molar-refractivity contribution in [2.45, 2.75) is 26.7 Å². The maximum absolute atomic E-state index is 4.27. The van der Waals surface area contributed by atoms with Crippen LogP contribution in [0.5, 0.6) is 0 Å². The number of para-hydroxylation sites is 1. The molecule has 0 unspecified atom stereocenters. The molecule has 0 radical (unpaired) electrons. The van der Waals surface area contributed by atoms with Gasteiger partial charge in [-0.2, -0.15) is 0 Å². The van der Waals surface area contributed by atoms with Gasteiger partial charge in [-0.05, 0) is 49.9 Å².